The van der Waals surface area contributed by atoms with Gasteiger partial charge in [-0.05, 0) is 35.2 Å². The van der Waals surface area contributed by atoms with E-state index in [1.54, 1.807) is 0 Å². The first-order valence-electron chi connectivity index (χ1n) is 8.50. The summed E-state index contributed by atoms with van der Waals surface area (Å²) in [6.07, 6.45) is 4.35. The summed E-state index contributed by atoms with van der Waals surface area (Å²) in [7, 11) is 0. The van der Waals surface area contributed by atoms with Crippen LogP contribution >= 0.6 is 22.6 Å². The molecule has 2 heterocycles. The number of nitrogens with zero attached hydrogens (tertiary/aromatic N) is 5. The van der Waals surface area contributed by atoms with Crippen molar-refractivity contribution in [3.63, 3.8) is 0 Å². The van der Waals surface area contributed by atoms with Gasteiger partial charge in [-0.3, -0.25) is 9.80 Å². The molecule has 1 saturated heterocycles. The number of hydrogen-bond donors (Lipinski definition) is 1. The summed E-state index contributed by atoms with van der Waals surface area (Å²) in [5.41, 5.74) is 13.8. The van der Waals surface area contributed by atoms with Crippen LogP contribution < -0.4 is 5.32 Å². The molecule has 1 atom stereocenters. The van der Waals surface area contributed by atoms with Crippen LogP contribution in [0.4, 0.5) is 0 Å². The van der Waals surface area contributed by atoms with Crippen LogP contribution in [0.25, 0.3) is 16.0 Å². The fourth-order valence-corrected chi connectivity index (χ4v) is 3.87. The summed E-state index contributed by atoms with van der Waals surface area (Å²) >= 11 is 2.19. The lowest BCUT2D eigenvalue weighted by molar-refractivity contribution is 0.124. The molecule has 25 heavy (non-hydrogen) atoms. The highest BCUT2D eigenvalue weighted by Gasteiger charge is 2.21. The van der Waals surface area contributed by atoms with Crippen molar-refractivity contribution in [2.45, 2.75) is 17.6 Å². The number of rotatable bonds is 5. The zero-order chi connectivity index (χ0) is 17.6. The second-order valence-corrected chi connectivity index (χ2v) is 7.61. The summed E-state index contributed by atoms with van der Waals surface area (Å²) < 4.78 is -0.0890. The van der Waals surface area contributed by atoms with E-state index in [-0.39, 0.29) is 4.17 Å². The average Bonchev–Trinajstić information content (AvgIpc) is 2.63. The predicted octanol–water partition coefficient (Wildman–Crippen LogP) is 3.72. The van der Waals surface area contributed by atoms with Crippen LogP contribution in [0.1, 0.15) is 18.1 Å². The molecule has 2 aliphatic rings. The molecule has 0 radical (unpaired) electrons. The van der Waals surface area contributed by atoms with Crippen LogP contribution in [0.3, 0.4) is 0 Å². The fourth-order valence-electron chi connectivity index (χ4n) is 3.20. The lowest BCUT2D eigenvalue weighted by Gasteiger charge is -2.35. The maximum atomic E-state index is 8.57. The van der Waals surface area contributed by atoms with Gasteiger partial charge < -0.3 is 5.32 Å². The molecule has 0 saturated carbocycles. The SMILES string of the molecule is CC1=CC(c2cccc(CN3CCN(C(I)N=[N+]=[N-])CC3)c2)=CNC1. The number of allylic oxidation sites excluding steroid dienone is 2. The van der Waals surface area contributed by atoms with Crippen LogP contribution in [0.15, 0.2) is 47.2 Å². The van der Waals surface area contributed by atoms with Gasteiger partial charge in [0, 0.05) is 50.4 Å². The van der Waals surface area contributed by atoms with E-state index in [1.807, 2.05) is 0 Å². The molecule has 1 aromatic rings. The van der Waals surface area contributed by atoms with Crippen molar-refractivity contribution in [2.24, 2.45) is 5.11 Å². The summed E-state index contributed by atoms with van der Waals surface area (Å²) in [6, 6.07) is 8.80. The van der Waals surface area contributed by atoms with E-state index >= 15 is 0 Å². The summed E-state index contributed by atoms with van der Waals surface area (Å²) in [5, 5.41) is 7.11. The molecular formula is C18H23IN6. The molecule has 1 N–H and O–H groups in total. The van der Waals surface area contributed by atoms with Crippen LogP contribution in [0.2, 0.25) is 0 Å². The first kappa shape index (κ1) is 18.3. The number of piperazine rings is 1. The molecule has 0 bridgehead atoms. The highest BCUT2D eigenvalue weighted by Crippen LogP contribution is 2.22. The minimum Gasteiger partial charge on any atom is -0.387 e. The van der Waals surface area contributed by atoms with E-state index in [0.29, 0.717) is 0 Å². The molecule has 1 aromatic carbocycles. The van der Waals surface area contributed by atoms with Gasteiger partial charge in [-0.1, -0.05) is 57.6 Å². The molecular weight excluding hydrogens is 427 g/mol. The number of hydrogen-bond acceptors (Lipinski definition) is 4. The largest absolute Gasteiger partial charge is 0.387 e. The van der Waals surface area contributed by atoms with Gasteiger partial charge in [0.05, 0.1) is 0 Å². The van der Waals surface area contributed by atoms with Crippen molar-refractivity contribution >= 4 is 28.2 Å². The summed E-state index contributed by atoms with van der Waals surface area (Å²) in [5.74, 6) is 0. The van der Waals surface area contributed by atoms with Crippen molar-refractivity contribution in [2.75, 3.05) is 32.7 Å². The Morgan fingerprint density at radius 1 is 1.32 bits per heavy atom. The number of benzene rings is 1. The zero-order valence-electron chi connectivity index (χ0n) is 14.4. The highest BCUT2D eigenvalue weighted by molar-refractivity contribution is 14.1. The summed E-state index contributed by atoms with van der Waals surface area (Å²) in [6.45, 7) is 7.90. The van der Waals surface area contributed by atoms with E-state index in [1.165, 1.54) is 22.3 Å². The lowest BCUT2D eigenvalue weighted by Crippen LogP contribution is -2.47. The quantitative estimate of drug-likeness (QED) is 0.186. The Hall–Kier alpha value is -1.54. The number of alkyl halides is 1. The molecule has 0 spiro atoms. The molecule has 6 nitrogen and oxygen atoms in total. The Labute approximate surface area is 162 Å². The minimum absolute atomic E-state index is 0.0890. The van der Waals surface area contributed by atoms with Crippen molar-refractivity contribution in [1.29, 1.82) is 0 Å². The monoisotopic (exact) mass is 450 g/mol. The molecule has 3 rings (SSSR count). The van der Waals surface area contributed by atoms with E-state index in [2.05, 4.69) is 91.2 Å². The molecule has 0 aromatic heterocycles. The molecule has 1 fully saturated rings. The first-order valence-corrected chi connectivity index (χ1v) is 9.75. The first-order chi connectivity index (χ1) is 12.2. The van der Waals surface area contributed by atoms with Crippen LogP contribution in [-0.4, -0.2) is 46.7 Å². The predicted molar refractivity (Wildman–Crippen MR) is 110 cm³/mol. The van der Waals surface area contributed by atoms with Crippen LogP contribution in [-0.2, 0) is 6.54 Å². The third-order valence-electron chi connectivity index (χ3n) is 4.56. The van der Waals surface area contributed by atoms with Gasteiger partial charge in [0.2, 0.25) is 0 Å². The molecule has 7 heteroatoms. The minimum atomic E-state index is -0.0890. The average molecular weight is 450 g/mol. The van der Waals surface area contributed by atoms with Gasteiger partial charge in [0.1, 0.15) is 4.17 Å². The van der Waals surface area contributed by atoms with Crippen molar-refractivity contribution in [3.8, 4) is 0 Å². The summed E-state index contributed by atoms with van der Waals surface area (Å²) in [4.78, 5) is 7.59. The third-order valence-corrected chi connectivity index (χ3v) is 5.60. The van der Waals surface area contributed by atoms with Crippen LogP contribution in [0, 0.1) is 0 Å². The smallest absolute Gasteiger partial charge is 0.141 e. The van der Waals surface area contributed by atoms with Gasteiger partial charge in [-0.25, -0.2) is 0 Å². The Morgan fingerprint density at radius 2 is 2.12 bits per heavy atom. The standard InChI is InChI=1S/C18H23IN6/c1-14-9-17(12-21-11-14)16-4-2-3-15(10-16)13-24-5-7-25(8-6-24)18(19)22-23-20/h2-4,9-10,12,18,21H,5-8,11,13H2,1H3. The number of nitrogens with one attached hydrogen (secondary N) is 1. The Morgan fingerprint density at radius 3 is 2.84 bits per heavy atom. The molecule has 2 aliphatic heterocycles. The molecule has 0 aliphatic carbocycles. The van der Waals surface area contributed by atoms with Crippen molar-refractivity contribution in [1.82, 2.24) is 15.1 Å². The highest BCUT2D eigenvalue weighted by atomic mass is 127. The zero-order valence-corrected chi connectivity index (χ0v) is 16.6. The molecule has 1 unspecified atom stereocenters. The molecule has 132 valence electrons. The van der Waals surface area contributed by atoms with Gasteiger partial charge in [-0.15, -0.1) is 0 Å². The van der Waals surface area contributed by atoms with E-state index in [4.69, 9.17) is 5.53 Å². The Bertz CT molecular complexity index is 714. The Balaban J connectivity index is 1.60. The topological polar surface area (TPSA) is 67.3 Å². The maximum absolute atomic E-state index is 8.57. The van der Waals surface area contributed by atoms with E-state index < -0.39 is 0 Å². The number of azide groups is 1. The van der Waals surface area contributed by atoms with Crippen LogP contribution in [0.5, 0.6) is 0 Å². The van der Waals surface area contributed by atoms with Gasteiger partial charge in [-0.2, -0.15) is 0 Å². The lowest BCUT2D eigenvalue weighted by atomic mass is 10.00. The van der Waals surface area contributed by atoms with Crippen molar-refractivity contribution < 1.29 is 0 Å². The van der Waals surface area contributed by atoms with Crippen molar-refractivity contribution in [3.05, 3.63) is 63.7 Å². The third kappa shape index (κ3) is 4.98. The van der Waals surface area contributed by atoms with Gasteiger partial charge >= 0.3 is 0 Å². The normalized spacial score (nSPS) is 20.1. The van der Waals surface area contributed by atoms with Gasteiger partial charge in [0.25, 0.3) is 0 Å². The molecule has 0 amide bonds. The second kappa shape index (κ2) is 8.71. The second-order valence-electron chi connectivity index (χ2n) is 6.50. The van der Waals surface area contributed by atoms with E-state index in [9.17, 15) is 0 Å². The number of halogens is 1. The maximum Gasteiger partial charge on any atom is 0.141 e. The number of dihydropyridines is 1. The van der Waals surface area contributed by atoms with Gasteiger partial charge in [0.15, 0.2) is 0 Å². The van der Waals surface area contributed by atoms with E-state index in [0.717, 1.165) is 39.3 Å². The fraction of sp³-hybridized carbons (Fsp3) is 0.444. The Kier molecular flexibility index (Phi) is 6.36.